The molecule has 0 radical (unpaired) electrons. The van der Waals surface area contributed by atoms with E-state index in [0.29, 0.717) is 10.6 Å². The van der Waals surface area contributed by atoms with E-state index in [2.05, 4.69) is 0 Å². The van der Waals surface area contributed by atoms with Crippen LogP contribution in [-0.4, -0.2) is 11.1 Å². The van der Waals surface area contributed by atoms with Crippen LogP contribution < -0.4 is 0 Å². The number of halogens is 1. The number of benzene rings is 2. The Balaban J connectivity index is 2.74. The molecule has 0 spiro atoms. The lowest BCUT2D eigenvalue weighted by atomic mass is 9.93. The predicted octanol–water partition coefficient (Wildman–Crippen LogP) is 4.63. The molecular formula is C16H15ClO2. The number of carbonyl (C=O) groups is 1. The molecule has 2 aromatic rings. The van der Waals surface area contributed by atoms with Gasteiger partial charge in [-0.05, 0) is 61.2 Å². The fraction of sp³-hybridized carbons (Fsp3) is 0.188. The largest absolute Gasteiger partial charge is 0.478 e. The summed E-state index contributed by atoms with van der Waals surface area (Å²) in [6, 6.07) is 9.18. The molecule has 2 aromatic carbocycles. The number of aromatic carboxylic acids is 1. The van der Waals surface area contributed by atoms with Crippen LogP contribution in [-0.2, 0) is 0 Å². The molecule has 0 bridgehead atoms. The van der Waals surface area contributed by atoms with Gasteiger partial charge in [0.25, 0.3) is 0 Å². The van der Waals surface area contributed by atoms with Crippen LogP contribution in [0, 0.1) is 20.8 Å². The third kappa shape index (κ3) is 2.64. The molecule has 1 N–H and O–H groups in total. The summed E-state index contributed by atoms with van der Waals surface area (Å²) < 4.78 is 0. The molecule has 2 rings (SSSR count). The van der Waals surface area contributed by atoms with Crippen LogP contribution in [0.15, 0.2) is 30.3 Å². The smallest absolute Gasteiger partial charge is 0.336 e. The van der Waals surface area contributed by atoms with Crippen molar-refractivity contribution in [2.75, 3.05) is 0 Å². The van der Waals surface area contributed by atoms with Gasteiger partial charge in [-0.1, -0.05) is 29.3 Å². The van der Waals surface area contributed by atoms with Gasteiger partial charge in [-0.15, -0.1) is 0 Å². The molecule has 0 aromatic heterocycles. The normalized spacial score (nSPS) is 10.5. The Labute approximate surface area is 117 Å². The fourth-order valence-electron chi connectivity index (χ4n) is 2.14. The zero-order valence-electron chi connectivity index (χ0n) is 11.1. The van der Waals surface area contributed by atoms with Crippen molar-refractivity contribution in [2.24, 2.45) is 0 Å². The molecule has 0 aliphatic rings. The Morgan fingerprint density at radius 1 is 1.00 bits per heavy atom. The number of carboxylic acids is 1. The van der Waals surface area contributed by atoms with E-state index in [1.54, 1.807) is 6.07 Å². The summed E-state index contributed by atoms with van der Waals surface area (Å²) in [7, 11) is 0. The van der Waals surface area contributed by atoms with E-state index in [9.17, 15) is 9.90 Å². The van der Waals surface area contributed by atoms with Crippen molar-refractivity contribution in [3.63, 3.8) is 0 Å². The van der Waals surface area contributed by atoms with Gasteiger partial charge in [-0.2, -0.15) is 0 Å². The minimum absolute atomic E-state index is 0.315. The molecular weight excluding hydrogens is 260 g/mol. The van der Waals surface area contributed by atoms with E-state index in [4.69, 9.17) is 11.6 Å². The molecule has 0 atom stereocenters. The predicted molar refractivity (Wildman–Crippen MR) is 78.1 cm³/mol. The van der Waals surface area contributed by atoms with Crippen LogP contribution in [0.25, 0.3) is 11.1 Å². The molecule has 0 amide bonds. The molecule has 0 heterocycles. The number of hydrogen-bond donors (Lipinski definition) is 1. The molecule has 0 saturated carbocycles. The first-order valence-electron chi connectivity index (χ1n) is 6.01. The maximum Gasteiger partial charge on any atom is 0.336 e. The molecule has 0 saturated heterocycles. The standard InChI is InChI=1S/C16H15ClO2/c1-9-4-5-12(16(18)19)14(6-9)13-7-11(3)15(17)8-10(13)2/h4-8H,1-3H3,(H,18,19). The van der Waals surface area contributed by atoms with Gasteiger partial charge in [0.2, 0.25) is 0 Å². The molecule has 3 heteroatoms. The maximum atomic E-state index is 11.3. The number of hydrogen-bond acceptors (Lipinski definition) is 1. The highest BCUT2D eigenvalue weighted by Gasteiger charge is 2.14. The lowest BCUT2D eigenvalue weighted by Gasteiger charge is -2.12. The lowest BCUT2D eigenvalue weighted by molar-refractivity contribution is 0.0698. The second-order valence-electron chi connectivity index (χ2n) is 4.77. The number of carboxylic acid groups (broad SMARTS) is 1. The summed E-state index contributed by atoms with van der Waals surface area (Å²) in [5.41, 5.74) is 4.93. The number of rotatable bonds is 2. The van der Waals surface area contributed by atoms with Gasteiger partial charge in [0.1, 0.15) is 0 Å². The Kier molecular flexibility index (Phi) is 3.63. The van der Waals surface area contributed by atoms with Crippen LogP contribution >= 0.6 is 11.6 Å². The van der Waals surface area contributed by atoms with Gasteiger partial charge >= 0.3 is 5.97 Å². The molecule has 0 aliphatic heterocycles. The highest BCUT2D eigenvalue weighted by atomic mass is 35.5. The SMILES string of the molecule is Cc1ccc(C(=O)O)c(-c2cc(C)c(Cl)cc2C)c1. The Morgan fingerprint density at radius 3 is 2.32 bits per heavy atom. The van der Waals surface area contributed by atoms with Crippen molar-refractivity contribution in [3.05, 3.63) is 57.6 Å². The van der Waals surface area contributed by atoms with Crippen LogP contribution in [0.2, 0.25) is 5.02 Å². The van der Waals surface area contributed by atoms with Crippen LogP contribution in [0.4, 0.5) is 0 Å². The lowest BCUT2D eigenvalue weighted by Crippen LogP contribution is -2.01. The van der Waals surface area contributed by atoms with Crippen molar-refractivity contribution in [1.82, 2.24) is 0 Å². The molecule has 2 nitrogen and oxygen atoms in total. The van der Waals surface area contributed by atoms with Gasteiger partial charge in [0.05, 0.1) is 5.56 Å². The quantitative estimate of drug-likeness (QED) is 0.867. The van der Waals surface area contributed by atoms with E-state index >= 15 is 0 Å². The van der Waals surface area contributed by atoms with E-state index in [-0.39, 0.29) is 0 Å². The van der Waals surface area contributed by atoms with E-state index in [0.717, 1.165) is 27.8 Å². The van der Waals surface area contributed by atoms with Gasteiger partial charge in [0.15, 0.2) is 0 Å². The summed E-state index contributed by atoms with van der Waals surface area (Å²) in [6.07, 6.45) is 0. The summed E-state index contributed by atoms with van der Waals surface area (Å²) in [4.78, 5) is 11.3. The Bertz CT molecular complexity index is 660. The first-order chi connectivity index (χ1) is 8.90. The highest BCUT2D eigenvalue weighted by molar-refractivity contribution is 6.31. The Morgan fingerprint density at radius 2 is 1.68 bits per heavy atom. The first kappa shape index (κ1) is 13.6. The van der Waals surface area contributed by atoms with E-state index in [1.807, 2.05) is 45.0 Å². The maximum absolute atomic E-state index is 11.3. The summed E-state index contributed by atoms with van der Waals surface area (Å²) in [6.45, 7) is 5.81. The van der Waals surface area contributed by atoms with Gasteiger partial charge in [-0.3, -0.25) is 0 Å². The van der Waals surface area contributed by atoms with Crippen LogP contribution in [0.1, 0.15) is 27.0 Å². The fourth-order valence-corrected chi connectivity index (χ4v) is 2.36. The number of aryl methyl sites for hydroxylation is 3. The van der Waals surface area contributed by atoms with Crippen molar-refractivity contribution in [3.8, 4) is 11.1 Å². The third-order valence-corrected chi connectivity index (χ3v) is 3.61. The topological polar surface area (TPSA) is 37.3 Å². The van der Waals surface area contributed by atoms with E-state index in [1.165, 1.54) is 0 Å². The monoisotopic (exact) mass is 274 g/mol. The van der Waals surface area contributed by atoms with E-state index < -0.39 is 5.97 Å². The van der Waals surface area contributed by atoms with Gasteiger partial charge in [0, 0.05) is 5.02 Å². The summed E-state index contributed by atoms with van der Waals surface area (Å²) in [5, 5.41) is 10.0. The van der Waals surface area contributed by atoms with Crippen molar-refractivity contribution < 1.29 is 9.90 Å². The molecule has 0 aliphatic carbocycles. The second kappa shape index (κ2) is 5.06. The molecule has 19 heavy (non-hydrogen) atoms. The summed E-state index contributed by atoms with van der Waals surface area (Å²) in [5.74, 6) is -0.915. The van der Waals surface area contributed by atoms with Crippen molar-refractivity contribution in [1.29, 1.82) is 0 Å². The second-order valence-corrected chi connectivity index (χ2v) is 5.18. The zero-order valence-corrected chi connectivity index (χ0v) is 11.9. The highest BCUT2D eigenvalue weighted by Crippen LogP contribution is 2.31. The molecule has 0 unspecified atom stereocenters. The van der Waals surface area contributed by atoms with Crippen LogP contribution in [0.3, 0.4) is 0 Å². The first-order valence-corrected chi connectivity index (χ1v) is 6.39. The average Bonchev–Trinajstić information content (AvgIpc) is 2.33. The third-order valence-electron chi connectivity index (χ3n) is 3.20. The summed E-state index contributed by atoms with van der Waals surface area (Å²) >= 11 is 6.09. The molecule has 0 fully saturated rings. The zero-order chi connectivity index (χ0) is 14.2. The van der Waals surface area contributed by atoms with Gasteiger partial charge in [-0.25, -0.2) is 4.79 Å². The Hall–Kier alpha value is -1.80. The minimum Gasteiger partial charge on any atom is -0.478 e. The minimum atomic E-state index is -0.915. The van der Waals surface area contributed by atoms with Crippen molar-refractivity contribution >= 4 is 17.6 Å². The van der Waals surface area contributed by atoms with Gasteiger partial charge < -0.3 is 5.11 Å². The average molecular weight is 275 g/mol. The van der Waals surface area contributed by atoms with Crippen molar-refractivity contribution in [2.45, 2.75) is 20.8 Å². The molecule has 98 valence electrons. The van der Waals surface area contributed by atoms with Crippen LogP contribution in [0.5, 0.6) is 0 Å².